The minimum atomic E-state index is 0.779. The van der Waals surface area contributed by atoms with E-state index in [2.05, 4.69) is 33.2 Å². The number of nitrogens with zero attached hydrogens (tertiary/aromatic N) is 3. The molecule has 0 unspecified atom stereocenters. The molecule has 0 saturated carbocycles. The number of hydrogen-bond acceptors (Lipinski definition) is 3. The third kappa shape index (κ3) is 2.50. The van der Waals surface area contributed by atoms with E-state index < -0.39 is 0 Å². The summed E-state index contributed by atoms with van der Waals surface area (Å²) in [5.74, 6) is 0.779. The van der Waals surface area contributed by atoms with Crippen LogP contribution >= 0.6 is 0 Å². The van der Waals surface area contributed by atoms with E-state index in [1.807, 2.05) is 49.8 Å². The second kappa shape index (κ2) is 4.98. The van der Waals surface area contributed by atoms with Crippen LogP contribution in [0.4, 0.5) is 0 Å². The molecule has 0 aliphatic heterocycles. The zero-order chi connectivity index (χ0) is 13.1. The van der Waals surface area contributed by atoms with Crippen molar-refractivity contribution in [3.05, 3.63) is 66.9 Å². The number of benzene rings is 1. The maximum atomic E-state index is 4.41. The van der Waals surface area contributed by atoms with Gasteiger partial charge in [0.15, 0.2) is 0 Å². The topological polar surface area (TPSA) is 38.7 Å². The molecule has 0 saturated heterocycles. The summed E-state index contributed by atoms with van der Waals surface area (Å²) in [7, 11) is 0. The fourth-order valence-electron chi connectivity index (χ4n) is 1.92. The molecule has 0 radical (unpaired) electrons. The Bertz CT molecular complexity index is 676. The van der Waals surface area contributed by atoms with Crippen LogP contribution in [-0.4, -0.2) is 15.0 Å². The zero-order valence-corrected chi connectivity index (χ0v) is 10.6. The summed E-state index contributed by atoms with van der Waals surface area (Å²) < 4.78 is 0. The van der Waals surface area contributed by atoms with Crippen molar-refractivity contribution in [3.8, 4) is 22.4 Å². The smallest absolute Gasteiger partial charge is 0.125 e. The van der Waals surface area contributed by atoms with Gasteiger partial charge in [0.1, 0.15) is 5.82 Å². The van der Waals surface area contributed by atoms with Crippen LogP contribution in [0.3, 0.4) is 0 Å². The van der Waals surface area contributed by atoms with E-state index in [9.17, 15) is 0 Å². The summed E-state index contributed by atoms with van der Waals surface area (Å²) in [4.78, 5) is 12.9. The molecule has 2 aromatic heterocycles. The molecule has 0 spiro atoms. The van der Waals surface area contributed by atoms with Gasteiger partial charge in [-0.25, -0.2) is 9.97 Å². The van der Waals surface area contributed by atoms with E-state index in [4.69, 9.17) is 0 Å². The molecular formula is C16H13N3. The Kier molecular flexibility index (Phi) is 3.02. The highest BCUT2D eigenvalue weighted by Gasteiger charge is 2.03. The van der Waals surface area contributed by atoms with Gasteiger partial charge in [-0.3, -0.25) is 4.98 Å². The van der Waals surface area contributed by atoms with E-state index in [0.717, 1.165) is 28.2 Å². The molecule has 3 nitrogen and oxygen atoms in total. The molecule has 1 aromatic carbocycles. The third-order valence-corrected chi connectivity index (χ3v) is 2.94. The second-order valence-corrected chi connectivity index (χ2v) is 4.31. The second-order valence-electron chi connectivity index (χ2n) is 4.31. The Labute approximate surface area is 112 Å². The molecule has 3 rings (SSSR count). The average molecular weight is 247 g/mol. The maximum Gasteiger partial charge on any atom is 0.125 e. The van der Waals surface area contributed by atoms with Crippen molar-refractivity contribution in [2.24, 2.45) is 0 Å². The maximum absolute atomic E-state index is 4.41. The summed E-state index contributed by atoms with van der Waals surface area (Å²) in [6.45, 7) is 1.88. The van der Waals surface area contributed by atoms with Gasteiger partial charge >= 0.3 is 0 Å². The lowest BCUT2D eigenvalue weighted by Gasteiger charge is -2.04. The Hall–Kier alpha value is -2.55. The Morgan fingerprint density at radius 3 is 2.21 bits per heavy atom. The van der Waals surface area contributed by atoms with E-state index in [0.29, 0.717) is 0 Å². The molecule has 0 fully saturated rings. The largest absolute Gasteiger partial charge is 0.256 e. The Morgan fingerprint density at radius 1 is 0.737 bits per heavy atom. The molecule has 0 amide bonds. The third-order valence-electron chi connectivity index (χ3n) is 2.94. The minimum Gasteiger partial charge on any atom is -0.256 e. The molecule has 2 heterocycles. The first-order valence-corrected chi connectivity index (χ1v) is 6.13. The molecule has 0 aliphatic rings. The van der Waals surface area contributed by atoms with Gasteiger partial charge in [-0.15, -0.1) is 0 Å². The van der Waals surface area contributed by atoms with E-state index in [1.54, 1.807) is 0 Å². The fraction of sp³-hybridized carbons (Fsp3) is 0.0625. The van der Waals surface area contributed by atoms with Crippen molar-refractivity contribution in [3.63, 3.8) is 0 Å². The highest BCUT2D eigenvalue weighted by atomic mass is 14.8. The van der Waals surface area contributed by atoms with Crippen molar-refractivity contribution in [1.82, 2.24) is 15.0 Å². The first kappa shape index (κ1) is 11.5. The van der Waals surface area contributed by atoms with Crippen molar-refractivity contribution in [1.29, 1.82) is 0 Å². The lowest BCUT2D eigenvalue weighted by atomic mass is 10.1. The predicted molar refractivity (Wildman–Crippen MR) is 75.4 cm³/mol. The monoisotopic (exact) mass is 247 g/mol. The number of aryl methyl sites for hydroxylation is 1. The fourth-order valence-corrected chi connectivity index (χ4v) is 1.92. The molecule has 3 aromatic rings. The average Bonchev–Trinajstić information content (AvgIpc) is 2.49. The van der Waals surface area contributed by atoms with Gasteiger partial charge in [-0.05, 0) is 24.6 Å². The first-order chi connectivity index (χ1) is 9.33. The molecular weight excluding hydrogens is 234 g/mol. The normalized spacial score (nSPS) is 10.4. The standard InChI is InChI=1S/C16H13N3/c1-12-18-10-15(11-19-12)14-7-8-17-16(9-14)13-5-3-2-4-6-13/h2-11H,1H3. The lowest BCUT2D eigenvalue weighted by Crippen LogP contribution is -1.89. The molecule has 0 aliphatic carbocycles. The molecule has 19 heavy (non-hydrogen) atoms. The van der Waals surface area contributed by atoms with Crippen molar-refractivity contribution >= 4 is 0 Å². The van der Waals surface area contributed by atoms with Crippen LogP contribution in [0.5, 0.6) is 0 Å². The van der Waals surface area contributed by atoms with Crippen LogP contribution in [-0.2, 0) is 0 Å². The van der Waals surface area contributed by atoms with Crippen LogP contribution in [0.25, 0.3) is 22.4 Å². The summed E-state index contributed by atoms with van der Waals surface area (Å²) in [6.07, 6.45) is 5.50. The number of aromatic nitrogens is 3. The van der Waals surface area contributed by atoms with Crippen molar-refractivity contribution in [2.45, 2.75) is 6.92 Å². The van der Waals surface area contributed by atoms with Gasteiger partial charge < -0.3 is 0 Å². The molecule has 0 atom stereocenters. The van der Waals surface area contributed by atoms with Crippen molar-refractivity contribution < 1.29 is 0 Å². The van der Waals surface area contributed by atoms with Gasteiger partial charge in [-0.2, -0.15) is 0 Å². The number of hydrogen-bond donors (Lipinski definition) is 0. The summed E-state index contributed by atoms with van der Waals surface area (Å²) in [5.41, 5.74) is 4.15. The summed E-state index contributed by atoms with van der Waals surface area (Å²) in [6, 6.07) is 14.2. The first-order valence-electron chi connectivity index (χ1n) is 6.13. The number of rotatable bonds is 2. The predicted octanol–water partition coefficient (Wildman–Crippen LogP) is 3.51. The van der Waals surface area contributed by atoms with Gasteiger partial charge in [-0.1, -0.05) is 30.3 Å². The summed E-state index contributed by atoms with van der Waals surface area (Å²) >= 11 is 0. The van der Waals surface area contributed by atoms with Crippen LogP contribution in [0.1, 0.15) is 5.82 Å². The van der Waals surface area contributed by atoms with Gasteiger partial charge in [0.25, 0.3) is 0 Å². The zero-order valence-electron chi connectivity index (χ0n) is 10.6. The molecule has 92 valence electrons. The quantitative estimate of drug-likeness (QED) is 0.695. The minimum absolute atomic E-state index is 0.779. The Balaban J connectivity index is 2.03. The molecule has 3 heteroatoms. The Morgan fingerprint density at radius 2 is 1.47 bits per heavy atom. The highest BCUT2D eigenvalue weighted by Crippen LogP contribution is 2.23. The number of pyridine rings is 1. The van der Waals surface area contributed by atoms with Crippen LogP contribution in [0.15, 0.2) is 61.1 Å². The molecule has 0 bridgehead atoms. The van der Waals surface area contributed by atoms with Crippen LogP contribution < -0.4 is 0 Å². The highest BCUT2D eigenvalue weighted by molar-refractivity contribution is 5.69. The van der Waals surface area contributed by atoms with E-state index in [1.165, 1.54) is 0 Å². The van der Waals surface area contributed by atoms with Crippen molar-refractivity contribution in [2.75, 3.05) is 0 Å². The van der Waals surface area contributed by atoms with Gasteiger partial charge in [0, 0.05) is 29.7 Å². The van der Waals surface area contributed by atoms with Crippen LogP contribution in [0.2, 0.25) is 0 Å². The SMILES string of the molecule is Cc1ncc(-c2ccnc(-c3ccccc3)c2)cn1. The van der Waals surface area contributed by atoms with Gasteiger partial charge in [0.05, 0.1) is 5.69 Å². The van der Waals surface area contributed by atoms with E-state index >= 15 is 0 Å². The summed E-state index contributed by atoms with van der Waals surface area (Å²) in [5, 5.41) is 0. The van der Waals surface area contributed by atoms with Crippen LogP contribution in [0, 0.1) is 6.92 Å². The molecule has 0 N–H and O–H groups in total. The van der Waals surface area contributed by atoms with E-state index in [-0.39, 0.29) is 0 Å². The van der Waals surface area contributed by atoms with Gasteiger partial charge in [0.2, 0.25) is 0 Å². The lowest BCUT2D eigenvalue weighted by molar-refractivity contribution is 1.06.